The monoisotopic (exact) mass is 332 g/mol. The SMILES string of the molecule is CC1(C(=O)Nc2cccc3cccnc23)Cc2ccccc2C(=O)O1. The molecule has 1 aliphatic heterocycles. The highest BCUT2D eigenvalue weighted by Gasteiger charge is 2.42. The molecule has 1 aromatic heterocycles. The van der Waals surface area contributed by atoms with Crippen LogP contribution in [0.25, 0.3) is 10.9 Å². The van der Waals surface area contributed by atoms with Crippen molar-refractivity contribution in [1.29, 1.82) is 0 Å². The van der Waals surface area contributed by atoms with E-state index in [1.165, 1.54) is 0 Å². The Bertz CT molecular complexity index is 994. The summed E-state index contributed by atoms with van der Waals surface area (Å²) in [6, 6.07) is 16.5. The van der Waals surface area contributed by atoms with Crippen LogP contribution in [0.5, 0.6) is 0 Å². The van der Waals surface area contributed by atoms with Gasteiger partial charge in [0.25, 0.3) is 5.91 Å². The first-order chi connectivity index (χ1) is 12.1. The predicted octanol–water partition coefficient (Wildman–Crippen LogP) is 3.35. The second-order valence-electron chi connectivity index (χ2n) is 6.29. The van der Waals surface area contributed by atoms with Gasteiger partial charge in [-0.15, -0.1) is 0 Å². The number of carbonyl (C=O) groups excluding carboxylic acids is 2. The Kier molecular flexibility index (Phi) is 3.50. The number of fused-ring (bicyclic) bond motifs is 2. The molecule has 1 aliphatic rings. The first-order valence-corrected chi connectivity index (χ1v) is 8.03. The molecule has 5 heteroatoms. The number of aromatic nitrogens is 1. The van der Waals surface area contributed by atoms with Crippen LogP contribution in [0.4, 0.5) is 5.69 Å². The van der Waals surface area contributed by atoms with Crippen LogP contribution in [0.2, 0.25) is 0 Å². The number of carbonyl (C=O) groups is 2. The molecule has 2 heterocycles. The Morgan fingerprint density at radius 2 is 1.92 bits per heavy atom. The normalized spacial score (nSPS) is 19.2. The highest BCUT2D eigenvalue weighted by Crippen LogP contribution is 2.30. The molecule has 2 aromatic carbocycles. The average molecular weight is 332 g/mol. The molecule has 0 bridgehead atoms. The molecule has 1 N–H and O–H groups in total. The van der Waals surface area contributed by atoms with Crippen LogP contribution in [0.3, 0.4) is 0 Å². The maximum atomic E-state index is 12.9. The van der Waals surface area contributed by atoms with Crippen molar-refractivity contribution in [2.24, 2.45) is 0 Å². The molecule has 0 aliphatic carbocycles. The van der Waals surface area contributed by atoms with E-state index in [4.69, 9.17) is 4.74 Å². The minimum absolute atomic E-state index is 0.332. The lowest BCUT2D eigenvalue weighted by Crippen LogP contribution is -2.48. The largest absolute Gasteiger partial charge is 0.445 e. The van der Waals surface area contributed by atoms with Gasteiger partial charge in [0.1, 0.15) is 0 Å². The van der Waals surface area contributed by atoms with E-state index in [0.29, 0.717) is 23.2 Å². The maximum absolute atomic E-state index is 12.9. The Hall–Kier alpha value is -3.21. The number of para-hydroxylation sites is 1. The zero-order chi connectivity index (χ0) is 17.4. The number of rotatable bonds is 2. The third-order valence-electron chi connectivity index (χ3n) is 4.44. The van der Waals surface area contributed by atoms with E-state index < -0.39 is 11.6 Å². The fourth-order valence-electron chi connectivity index (χ4n) is 3.12. The lowest BCUT2D eigenvalue weighted by Gasteiger charge is -2.33. The molecule has 124 valence electrons. The Labute approximate surface area is 144 Å². The van der Waals surface area contributed by atoms with Gasteiger partial charge in [-0.1, -0.05) is 36.4 Å². The summed E-state index contributed by atoms with van der Waals surface area (Å²) in [6.07, 6.45) is 2.01. The van der Waals surface area contributed by atoms with Crippen LogP contribution in [0.15, 0.2) is 60.8 Å². The molecule has 0 fully saturated rings. The summed E-state index contributed by atoms with van der Waals surface area (Å²) < 4.78 is 5.47. The molecule has 5 nitrogen and oxygen atoms in total. The summed E-state index contributed by atoms with van der Waals surface area (Å²) in [7, 11) is 0. The lowest BCUT2D eigenvalue weighted by molar-refractivity contribution is -0.134. The number of hydrogen-bond acceptors (Lipinski definition) is 4. The van der Waals surface area contributed by atoms with Crippen molar-refractivity contribution < 1.29 is 14.3 Å². The summed E-state index contributed by atoms with van der Waals surface area (Å²) in [6.45, 7) is 1.63. The van der Waals surface area contributed by atoms with Gasteiger partial charge in [0.2, 0.25) is 0 Å². The standard InChI is InChI=1S/C20H16N2O3/c1-20(12-14-6-2-3-9-15(14)18(23)25-20)19(24)22-16-10-4-7-13-8-5-11-21-17(13)16/h2-11H,12H2,1H3,(H,22,24). The van der Waals surface area contributed by atoms with Crippen molar-refractivity contribution in [3.05, 3.63) is 71.9 Å². The second kappa shape index (κ2) is 5.70. The molecule has 0 spiro atoms. The van der Waals surface area contributed by atoms with E-state index in [1.54, 1.807) is 31.3 Å². The third kappa shape index (κ3) is 2.63. The van der Waals surface area contributed by atoms with Gasteiger partial charge in [0, 0.05) is 18.0 Å². The Morgan fingerprint density at radius 3 is 2.80 bits per heavy atom. The van der Waals surface area contributed by atoms with E-state index in [0.717, 1.165) is 10.9 Å². The van der Waals surface area contributed by atoms with Crippen LogP contribution in [-0.2, 0) is 16.0 Å². The fraction of sp³-hybridized carbons (Fsp3) is 0.150. The second-order valence-corrected chi connectivity index (χ2v) is 6.29. The van der Waals surface area contributed by atoms with Crippen LogP contribution in [0.1, 0.15) is 22.8 Å². The molecule has 0 radical (unpaired) electrons. The minimum Gasteiger partial charge on any atom is -0.445 e. The number of benzene rings is 2. The van der Waals surface area contributed by atoms with Gasteiger partial charge in [-0.3, -0.25) is 9.78 Å². The molecule has 1 unspecified atom stereocenters. The molecule has 0 saturated carbocycles. The number of amides is 1. The van der Waals surface area contributed by atoms with E-state index in [-0.39, 0.29) is 5.91 Å². The topological polar surface area (TPSA) is 68.3 Å². The van der Waals surface area contributed by atoms with Gasteiger partial charge in [0.15, 0.2) is 5.60 Å². The van der Waals surface area contributed by atoms with Crippen molar-refractivity contribution in [3.63, 3.8) is 0 Å². The molecular weight excluding hydrogens is 316 g/mol. The van der Waals surface area contributed by atoms with E-state index in [1.807, 2.05) is 36.4 Å². The zero-order valence-electron chi connectivity index (χ0n) is 13.7. The van der Waals surface area contributed by atoms with Gasteiger partial charge in [-0.25, -0.2) is 4.79 Å². The Morgan fingerprint density at radius 1 is 1.12 bits per heavy atom. The van der Waals surface area contributed by atoms with Gasteiger partial charge < -0.3 is 10.1 Å². The summed E-state index contributed by atoms with van der Waals surface area (Å²) in [5.74, 6) is -0.843. The van der Waals surface area contributed by atoms with E-state index >= 15 is 0 Å². The maximum Gasteiger partial charge on any atom is 0.339 e. The first-order valence-electron chi connectivity index (χ1n) is 8.03. The molecule has 25 heavy (non-hydrogen) atoms. The highest BCUT2D eigenvalue weighted by atomic mass is 16.6. The van der Waals surface area contributed by atoms with Crippen molar-refractivity contribution in [1.82, 2.24) is 4.98 Å². The third-order valence-corrected chi connectivity index (χ3v) is 4.44. The quantitative estimate of drug-likeness (QED) is 0.731. The summed E-state index contributed by atoms with van der Waals surface area (Å²) in [5, 5.41) is 3.80. The number of ether oxygens (including phenoxy) is 1. The first kappa shape index (κ1) is 15.3. The van der Waals surface area contributed by atoms with Crippen molar-refractivity contribution in [3.8, 4) is 0 Å². The lowest BCUT2D eigenvalue weighted by atomic mass is 9.89. The average Bonchev–Trinajstić information content (AvgIpc) is 2.62. The Balaban J connectivity index is 1.66. The van der Waals surface area contributed by atoms with E-state index in [9.17, 15) is 9.59 Å². The summed E-state index contributed by atoms with van der Waals surface area (Å²) in [4.78, 5) is 29.5. The number of anilines is 1. The van der Waals surface area contributed by atoms with E-state index in [2.05, 4.69) is 10.3 Å². The van der Waals surface area contributed by atoms with Crippen molar-refractivity contribution >= 4 is 28.5 Å². The molecule has 0 saturated heterocycles. The van der Waals surface area contributed by atoms with Crippen LogP contribution in [0, 0.1) is 0 Å². The zero-order valence-corrected chi connectivity index (χ0v) is 13.7. The number of nitrogens with one attached hydrogen (secondary N) is 1. The number of cyclic esters (lactones) is 1. The fourth-order valence-corrected chi connectivity index (χ4v) is 3.12. The molecule has 1 atom stereocenters. The van der Waals surface area contributed by atoms with Gasteiger partial charge >= 0.3 is 5.97 Å². The number of esters is 1. The molecular formula is C20H16N2O3. The number of pyridine rings is 1. The minimum atomic E-state index is -1.26. The van der Waals surface area contributed by atoms with Crippen LogP contribution >= 0.6 is 0 Å². The molecule has 1 amide bonds. The van der Waals surface area contributed by atoms with Crippen LogP contribution in [-0.4, -0.2) is 22.5 Å². The number of nitrogens with zero attached hydrogens (tertiary/aromatic N) is 1. The molecule has 3 aromatic rings. The molecule has 4 rings (SSSR count). The summed E-state index contributed by atoms with van der Waals surface area (Å²) in [5.41, 5.74) is 1.36. The van der Waals surface area contributed by atoms with Crippen LogP contribution < -0.4 is 5.32 Å². The van der Waals surface area contributed by atoms with Crippen molar-refractivity contribution in [2.75, 3.05) is 5.32 Å². The number of hydrogen-bond donors (Lipinski definition) is 1. The highest BCUT2D eigenvalue weighted by molar-refractivity contribution is 6.06. The van der Waals surface area contributed by atoms with Crippen molar-refractivity contribution in [2.45, 2.75) is 18.9 Å². The van der Waals surface area contributed by atoms with Gasteiger partial charge in [-0.05, 0) is 30.7 Å². The van der Waals surface area contributed by atoms with Gasteiger partial charge in [-0.2, -0.15) is 0 Å². The predicted molar refractivity (Wildman–Crippen MR) is 94.3 cm³/mol. The smallest absolute Gasteiger partial charge is 0.339 e. The summed E-state index contributed by atoms with van der Waals surface area (Å²) >= 11 is 0. The van der Waals surface area contributed by atoms with Gasteiger partial charge in [0.05, 0.1) is 16.8 Å².